The third-order valence-corrected chi connectivity index (χ3v) is 5.34. The van der Waals surface area contributed by atoms with Gasteiger partial charge in [-0.3, -0.25) is 0 Å². The molecule has 0 nitrogen and oxygen atoms in total. The summed E-state index contributed by atoms with van der Waals surface area (Å²) < 4.78 is 2.34. The van der Waals surface area contributed by atoms with E-state index in [0.29, 0.717) is 5.92 Å². The van der Waals surface area contributed by atoms with Crippen molar-refractivity contribution in [1.82, 2.24) is 0 Å². The highest BCUT2D eigenvalue weighted by molar-refractivity contribution is 9.10. The smallest absolute Gasteiger partial charge is 0.0207 e. The molecule has 1 unspecified atom stereocenters. The van der Waals surface area contributed by atoms with E-state index in [1.807, 2.05) is 0 Å². The first-order valence-corrected chi connectivity index (χ1v) is 8.93. The van der Waals surface area contributed by atoms with Crippen molar-refractivity contribution in [3.05, 3.63) is 68.6 Å². The lowest BCUT2D eigenvalue weighted by Crippen LogP contribution is -2.10. The summed E-state index contributed by atoms with van der Waals surface area (Å²) in [5.74, 6) is 0.611. The molecule has 0 aliphatic carbocycles. The number of hydrogen-bond acceptors (Lipinski definition) is 0. The first-order valence-electron chi connectivity index (χ1n) is 6.23. The van der Waals surface area contributed by atoms with Crippen molar-refractivity contribution < 1.29 is 0 Å². The van der Waals surface area contributed by atoms with Crippen LogP contribution in [0.15, 0.2) is 57.5 Å². The van der Waals surface area contributed by atoms with Gasteiger partial charge in [-0.25, -0.2) is 0 Å². The minimum atomic E-state index is 0.611. The normalized spacial score (nSPS) is 12.4. The molecule has 2 aromatic carbocycles. The van der Waals surface area contributed by atoms with E-state index >= 15 is 0 Å². The van der Waals surface area contributed by atoms with Crippen molar-refractivity contribution >= 4 is 47.8 Å². The largest absolute Gasteiger partial charge is 0.0925 e. The van der Waals surface area contributed by atoms with Gasteiger partial charge in [0, 0.05) is 14.3 Å². The molecule has 100 valence electrons. The SMILES string of the molecule is BrCC(Cc1ccc(Br)cc1)Cc1ccccc1Br. The van der Waals surface area contributed by atoms with Crippen molar-refractivity contribution in [3.63, 3.8) is 0 Å². The van der Waals surface area contributed by atoms with Crippen LogP contribution in [0.25, 0.3) is 0 Å². The van der Waals surface area contributed by atoms with Crippen LogP contribution in [0.3, 0.4) is 0 Å². The summed E-state index contributed by atoms with van der Waals surface area (Å²) in [5, 5.41) is 1.02. The van der Waals surface area contributed by atoms with Crippen LogP contribution in [0.4, 0.5) is 0 Å². The third-order valence-electron chi connectivity index (χ3n) is 3.12. The molecule has 0 aliphatic rings. The van der Waals surface area contributed by atoms with Gasteiger partial charge in [-0.15, -0.1) is 0 Å². The van der Waals surface area contributed by atoms with Crippen LogP contribution in [0.5, 0.6) is 0 Å². The van der Waals surface area contributed by atoms with Crippen LogP contribution < -0.4 is 0 Å². The molecule has 2 aromatic rings. The summed E-state index contributed by atoms with van der Waals surface area (Å²) in [4.78, 5) is 0. The van der Waals surface area contributed by atoms with Gasteiger partial charge < -0.3 is 0 Å². The molecule has 0 fully saturated rings. The first kappa shape index (κ1) is 15.3. The molecule has 0 spiro atoms. The van der Waals surface area contributed by atoms with Crippen molar-refractivity contribution in [2.45, 2.75) is 12.8 Å². The Kier molecular flexibility index (Phi) is 6.11. The van der Waals surface area contributed by atoms with E-state index in [1.54, 1.807) is 0 Å². The molecule has 0 bridgehead atoms. The predicted molar refractivity (Wildman–Crippen MR) is 93.0 cm³/mol. The number of alkyl halides is 1. The summed E-state index contributed by atoms with van der Waals surface area (Å²) in [6.45, 7) is 0. The lowest BCUT2D eigenvalue weighted by molar-refractivity contribution is 0.590. The van der Waals surface area contributed by atoms with Crippen LogP contribution in [0.1, 0.15) is 11.1 Å². The molecule has 1 atom stereocenters. The van der Waals surface area contributed by atoms with Crippen LogP contribution in [-0.4, -0.2) is 5.33 Å². The summed E-state index contributed by atoms with van der Waals surface area (Å²) in [7, 11) is 0. The number of benzene rings is 2. The van der Waals surface area contributed by atoms with E-state index in [2.05, 4.69) is 96.3 Å². The van der Waals surface area contributed by atoms with E-state index in [9.17, 15) is 0 Å². The Morgan fingerprint density at radius 1 is 0.842 bits per heavy atom. The molecule has 0 amide bonds. The molecule has 0 aromatic heterocycles. The highest BCUT2D eigenvalue weighted by atomic mass is 79.9. The second kappa shape index (κ2) is 7.61. The lowest BCUT2D eigenvalue weighted by atomic mass is 9.94. The van der Waals surface area contributed by atoms with E-state index in [0.717, 1.165) is 22.6 Å². The van der Waals surface area contributed by atoms with E-state index in [1.165, 1.54) is 15.6 Å². The van der Waals surface area contributed by atoms with Gasteiger partial charge in [0.2, 0.25) is 0 Å². The second-order valence-electron chi connectivity index (χ2n) is 4.65. The molecular formula is C16H15Br3. The maximum absolute atomic E-state index is 3.65. The van der Waals surface area contributed by atoms with Gasteiger partial charge >= 0.3 is 0 Å². The van der Waals surface area contributed by atoms with Crippen LogP contribution in [0, 0.1) is 5.92 Å². The number of hydrogen-bond donors (Lipinski definition) is 0. The van der Waals surface area contributed by atoms with Crippen LogP contribution in [-0.2, 0) is 12.8 Å². The standard InChI is InChI=1S/C16H15Br3/c17-11-13(9-12-5-7-15(18)8-6-12)10-14-3-1-2-4-16(14)19/h1-8,13H,9-11H2. The average Bonchev–Trinajstić information content (AvgIpc) is 2.43. The Labute approximate surface area is 140 Å². The fourth-order valence-corrected chi connectivity index (χ4v) is 3.28. The van der Waals surface area contributed by atoms with Gasteiger partial charge in [0.05, 0.1) is 0 Å². The van der Waals surface area contributed by atoms with Gasteiger partial charge in [0.15, 0.2) is 0 Å². The summed E-state index contributed by atoms with van der Waals surface area (Å²) in [6.07, 6.45) is 2.18. The van der Waals surface area contributed by atoms with Gasteiger partial charge in [0.25, 0.3) is 0 Å². The Bertz CT molecular complexity index is 520. The van der Waals surface area contributed by atoms with Crippen molar-refractivity contribution in [2.24, 2.45) is 5.92 Å². The molecule has 19 heavy (non-hydrogen) atoms. The number of rotatable bonds is 5. The Hall–Kier alpha value is -0.120. The third kappa shape index (κ3) is 4.73. The molecular weight excluding hydrogens is 432 g/mol. The fraction of sp³-hybridized carbons (Fsp3) is 0.250. The first-order chi connectivity index (χ1) is 9.19. The van der Waals surface area contributed by atoms with Crippen molar-refractivity contribution in [3.8, 4) is 0 Å². The topological polar surface area (TPSA) is 0 Å². The zero-order valence-electron chi connectivity index (χ0n) is 10.5. The monoisotopic (exact) mass is 444 g/mol. The number of halogens is 3. The Morgan fingerprint density at radius 3 is 2.16 bits per heavy atom. The maximum atomic E-state index is 3.65. The fourth-order valence-electron chi connectivity index (χ4n) is 2.11. The predicted octanol–water partition coefficient (Wildman–Crippen LogP) is 6.01. The van der Waals surface area contributed by atoms with Gasteiger partial charge in [0.1, 0.15) is 0 Å². The molecule has 0 saturated heterocycles. The molecule has 2 rings (SSSR count). The van der Waals surface area contributed by atoms with E-state index < -0.39 is 0 Å². The van der Waals surface area contributed by atoms with Crippen molar-refractivity contribution in [1.29, 1.82) is 0 Å². The second-order valence-corrected chi connectivity index (χ2v) is 7.06. The van der Waals surface area contributed by atoms with Gasteiger partial charge in [-0.05, 0) is 48.1 Å². The Balaban J connectivity index is 2.05. The quantitative estimate of drug-likeness (QED) is 0.493. The maximum Gasteiger partial charge on any atom is 0.0207 e. The van der Waals surface area contributed by atoms with E-state index in [-0.39, 0.29) is 0 Å². The molecule has 0 heterocycles. The zero-order chi connectivity index (χ0) is 13.7. The summed E-state index contributed by atoms with van der Waals surface area (Å²) in [6, 6.07) is 17.1. The average molecular weight is 447 g/mol. The molecule has 0 aliphatic heterocycles. The molecule has 0 N–H and O–H groups in total. The molecule has 0 saturated carbocycles. The summed E-state index contributed by atoms with van der Waals surface area (Å²) in [5.41, 5.74) is 2.77. The molecule has 3 heteroatoms. The minimum Gasteiger partial charge on any atom is -0.0925 e. The Morgan fingerprint density at radius 2 is 1.53 bits per heavy atom. The van der Waals surface area contributed by atoms with Crippen LogP contribution in [0.2, 0.25) is 0 Å². The zero-order valence-corrected chi connectivity index (χ0v) is 15.2. The van der Waals surface area contributed by atoms with Crippen molar-refractivity contribution in [2.75, 3.05) is 5.33 Å². The van der Waals surface area contributed by atoms with Crippen LogP contribution >= 0.6 is 47.8 Å². The van der Waals surface area contributed by atoms with Gasteiger partial charge in [-0.1, -0.05) is 78.1 Å². The summed E-state index contributed by atoms with van der Waals surface area (Å²) >= 11 is 10.7. The molecule has 0 radical (unpaired) electrons. The highest BCUT2D eigenvalue weighted by Crippen LogP contribution is 2.23. The van der Waals surface area contributed by atoms with E-state index in [4.69, 9.17) is 0 Å². The van der Waals surface area contributed by atoms with Gasteiger partial charge in [-0.2, -0.15) is 0 Å². The highest BCUT2D eigenvalue weighted by Gasteiger charge is 2.11. The lowest BCUT2D eigenvalue weighted by Gasteiger charge is -2.15. The minimum absolute atomic E-state index is 0.611.